The van der Waals surface area contributed by atoms with Crippen molar-refractivity contribution < 1.29 is 10.2 Å². The third kappa shape index (κ3) is 0.971. The van der Waals surface area contributed by atoms with E-state index in [1.54, 1.807) is 0 Å². The number of fused-ring (bicyclic) bond motifs is 9. The van der Waals surface area contributed by atoms with Gasteiger partial charge in [-0.2, -0.15) is 0 Å². The molecule has 2 nitrogen and oxygen atoms in total. The van der Waals surface area contributed by atoms with Gasteiger partial charge in [0.1, 0.15) is 0 Å². The molecular weight excluding hydrogens is 200 g/mol. The molecule has 4 fully saturated rings. The molecule has 8 atom stereocenters. The highest BCUT2D eigenvalue weighted by atomic mass is 16.3. The summed E-state index contributed by atoms with van der Waals surface area (Å²) in [5, 5.41) is 19.1. The van der Waals surface area contributed by atoms with Gasteiger partial charge in [0, 0.05) is 13.2 Å². The van der Waals surface area contributed by atoms with E-state index in [-0.39, 0.29) is 0 Å². The summed E-state index contributed by atoms with van der Waals surface area (Å²) in [4.78, 5) is 0. The van der Waals surface area contributed by atoms with Crippen molar-refractivity contribution in [2.45, 2.75) is 25.7 Å². The highest BCUT2D eigenvalue weighted by Crippen LogP contribution is 2.70. The Morgan fingerprint density at radius 3 is 1.69 bits per heavy atom. The highest BCUT2D eigenvalue weighted by molar-refractivity contribution is 5.13. The van der Waals surface area contributed by atoms with Crippen LogP contribution in [-0.2, 0) is 0 Å². The largest absolute Gasteiger partial charge is 0.396 e. The van der Waals surface area contributed by atoms with Gasteiger partial charge in [-0.1, -0.05) is 0 Å². The summed E-state index contributed by atoms with van der Waals surface area (Å²) >= 11 is 0. The minimum Gasteiger partial charge on any atom is -0.396 e. The van der Waals surface area contributed by atoms with Crippen LogP contribution in [0.2, 0.25) is 0 Å². The normalized spacial score (nSPS) is 61.9. The van der Waals surface area contributed by atoms with Crippen molar-refractivity contribution in [1.29, 1.82) is 0 Å². The average Bonchev–Trinajstić information content (AvgIpc) is 3.03. The molecule has 4 rings (SSSR count). The molecule has 0 spiro atoms. The molecule has 0 aromatic rings. The lowest BCUT2D eigenvalue weighted by molar-refractivity contribution is 0.00173. The quantitative estimate of drug-likeness (QED) is 0.695. The van der Waals surface area contributed by atoms with Gasteiger partial charge < -0.3 is 10.2 Å². The van der Waals surface area contributed by atoms with Crippen molar-refractivity contribution in [2.24, 2.45) is 47.3 Å². The second kappa shape index (κ2) is 3.23. The van der Waals surface area contributed by atoms with Crippen molar-refractivity contribution in [3.05, 3.63) is 0 Å². The molecule has 0 aromatic heterocycles. The molecule has 0 amide bonds. The molecule has 0 heterocycles. The van der Waals surface area contributed by atoms with Crippen LogP contribution in [0.15, 0.2) is 0 Å². The zero-order chi connectivity index (χ0) is 10.9. The third-order valence-electron chi connectivity index (χ3n) is 6.65. The molecule has 2 N–H and O–H groups in total. The fourth-order valence-corrected chi connectivity index (χ4v) is 6.38. The van der Waals surface area contributed by atoms with Gasteiger partial charge in [0.2, 0.25) is 0 Å². The maximum atomic E-state index is 9.57. The van der Waals surface area contributed by atoms with Crippen molar-refractivity contribution in [3.8, 4) is 0 Å². The summed E-state index contributed by atoms with van der Waals surface area (Å²) in [5.74, 6) is 6.20. The van der Waals surface area contributed by atoms with Crippen LogP contribution in [0.25, 0.3) is 0 Å². The minimum atomic E-state index is 0.312. The van der Waals surface area contributed by atoms with E-state index in [1.165, 1.54) is 25.7 Å². The Hall–Kier alpha value is -0.0800. The molecule has 90 valence electrons. The van der Waals surface area contributed by atoms with E-state index in [4.69, 9.17) is 0 Å². The van der Waals surface area contributed by atoms with Crippen LogP contribution < -0.4 is 0 Å². The second-order valence-electron chi connectivity index (χ2n) is 6.74. The molecule has 0 radical (unpaired) electrons. The Morgan fingerprint density at radius 1 is 0.750 bits per heavy atom. The Bertz CT molecular complexity index is 275. The van der Waals surface area contributed by atoms with Crippen LogP contribution >= 0.6 is 0 Å². The van der Waals surface area contributed by atoms with Gasteiger partial charge in [0.25, 0.3) is 0 Å². The lowest BCUT2D eigenvalue weighted by Gasteiger charge is -2.42. The van der Waals surface area contributed by atoms with Crippen LogP contribution in [0.3, 0.4) is 0 Å². The van der Waals surface area contributed by atoms with Crippen LogP contribution in [0.5, 0.6) is 0 Å². The number of hydrogen-bond donors (Lipinski definition) is 2. The van der Waals surface area contributed by atoms with Crippen LogP contribution in [-0.4, -0.2) is 23.4 Å². The van der Waals surface area contributed by atoms with Gasteiger partial charge in [0.05, 0.1) is 0 Å². The fraction of sp³-hybridized carbons (Fsp3) is 1.00. The van der Waals surface area contributed by atoms with Crippen LogP contribution in [0, 0.1) is 47.3 Å². The first kappa shape index (κ1) is 9.90. The topological polar surface area (TPSA) is 40.5 Å². The van der Waals surface area contributed by atoms with Gasteiger partial charge in [-0.25, -0.2) is 0 Å². The molecule has 4 aliphatic rings. The van der Waals surface area contributed by atoms with Crippen molar-refractivity contribution in [3.63, 3.8) is 0 Å². The Balaban J connectivity index is 1.68. The van der Waals surface area contributed by atoms with E-state index >= 15 is 0 Å². The summed E-state index contributed by atoms with van der Waals surface area (Å²) in [6, 6.07) is 0. The number of rotatable bonds is 2. The van der Waals surface area contributed by atoms with Crippen molar-refractivity contribution in [1.82, 2.24) is 0 Å². The smallest absolute Gasteiger partial charge is 0.0465 e. The van der Waals surface area contributed by atoms with E-state index in [1.807, 2.05) is 0 Å². The summed E-state index contributed by atoms with van der Waals surface area (Å²) in [5.41, 5.74) is 0. The number of hydrogen-bond acceptors (Lipinski definition) is 2. The maximum absolute atomic E-state index is 9.57. The zero-order valence-electron chi connectivity index (χ0n) is 9.76. The van der Waals surface area contributed by atoms with Crippen LogP contribution in [0.4, 0.5) is 0 Å². The molecule has 0 aromatic carbocycles. The number of aliphatic hydroxyl groups is 2. The van der Waals surface area contributed by atoms with E-state index in [9.17, 15) is 10.2 Å². The maximum Gasteiger partial charge on any atom is 0.0465 e. The van der Waals surface area contributed by atoms with Gasteiger partial charge >= 0.3 is 0 Å². The minimum absolute atomic E-state index is 0.312. The third-order valence-corrected chi connectivity index (χ3v) is 6.65. The zero-order valence-corrected chi connectivity index (χ0v) is 9.76. The summed E-state index contributed by atoms with van der Waals surface area (Å²) in [6.45, 7) is 0.625. The lowest BCUT2D eigenvalue weighted by Crippen LogP contribution is -2.40. The lowest BCUT2D eigenvalue weighted by atomic mass is 9.64. The predicted molar refractivity (Wildman–Crippen MR) is 60.6 cm³/mol. The van der Waals surface area contributed by atoms with Crippen molar-refractivity contribution in [2.75, 3.05) is 13.2 Å². The fourth-order valence-electron chi connectivity index (χ4n) is 6.38. The molecule has 4 saturated carbocycles. The molecule has 0 aliphatic heterocycles. The first-order valence-corrected chi connectivity index (χ1v) is 7.07. The molecule has 2 heteroatoms. The Morgan fingerprint density at radius 2 is 1.25 bits per heavy atom. The Kier molecular flexibility index (Phi) is 2.00. The van der Waals surface area contributed by atoms with Gasteiger partial charge in [-0.15, -0.1) is 0 Å². The number of aliphatic hydroxyl groups excluding tert-OH is 2. The predicted octanol–water partition coefficient (Wildman–Crippen LogP) is 1.52. The first-order chi connectivity index (χ1) is 7.85. The van der Waals surface area contributed by atoms with E-state index in [0.717, 1.165) is 35.5 Å². The van der Waals surface area contributed by atoms with Gasteiger partial charge in [-0.05, 0) is 73.0 Å². The van der Waals surface area contributed by atoms with Crippen LogP contribution in [0.1, 0.15) is 25.7 Å². The van der Waals surface area contributed by atoms with Gasteiger partial charge in [-0.3, -0.25) is 0 Å². The SMILES string of the molecule is OCC1C(CO)[C@@H]2C[C@H]1C1C2[C@H]2CC[C@@H]1C2. The summed E-state index contributed by atoms with van der Waals surface area (Å²) in [6.07, 6.45) is 5.70. The molecule has 16 heavy (non-hydrogen) atoms. The second-order valence-corrected chi connectivity index (χ2v) is 6.74. The standard InChI is InChI=1S/C14H22O2/c15-5-11-9-4-10(12(11)6-16)14-8-2-1-7(3-8)13(9)14/h7-16H,1-6H2/t7-,8+,9-,10+,11?,12?,13?,14?. The monoisotopic (exact) mass is 222 g/mol. The summed E-state index contributed by atoms with van der Waals surface area (Å²) < 4.78 is 0. The molecule has 0 saturated heterocycles. The first-order valence-electron chi connectivity index (χ1n) is 7.07. The highest BCUT2D eigenvalue weighted by Gasteiger charge is 2.64. The molecule has 4 bridgehead atoms. The Labute approximate surface area is 97.0 Å². The molecule has 4 unspecified atom stereocenters. The molecule has 4 aliphatic carbocycles. The van der Waals surface area contributed by atoms with E-state index < -0.39 is 0 Å². The van der Waals surface area contributed by atoms with E-state index in [2.05, 4.69) is 0 Å². The summed E-state index contributed by atoms with van der Waals surface area (Å²) in [7, 11) is 0. The van der Waals surface area contributed by atoms with Gasteiger partial charge in [0.15, 0.2) is 0 Å². The van der Waals surface area contributed by atoms with Crippen molar-refractivity contribution >= 4 is 0 Å². The van der Waals surface area contributed by atoms with E-state index in [0.29, 0.717) is 25.0 Å². The molecular formula is C14H22O2. The average molecular weight is 222 g/mol.